The number of nitrogens with two attached hydrogens (primary N) is 1. The number of rotatable bonds is 4. The summed E-state index contributed by atoms with van der Waals surface area (Å²) in [6.45, 7) is 0.312. The SMILES string of the molecule is CN(CC(=O)NC1CC1)c1cccnc1N. The maximum Gasteiger partial charge on any atom is 0.239 e. The molecule has 1 fully saturated rings. The normalized spacial score (nSPS) is 14.6. The van der Waals surface area contributed by atoms with E-state index < -0.39 is 0 Å². The fourth-order valence-electron chi connectivity index (χ4n) is 1.53. The van der Waals surface area contributed by atoms with Crippen molar-refractivity contribution in [1.29, 1.82) is 0 Å². The van der Waals surface area contributed by atoms with Gasteiger partial charge in [0.2, 0.25) is 5.91 Å². The number of carbonyl (C=O) groups excluding carboxylic acids is 1. The van der Waals surface area contributed by atoms with Crippen LogP contribution < -0.4 is 16.0 Å². The molecule has 1 aliphatic rings. The second-order valence-corrected chi connectivity index (χ2v) is 4.11. The van der Waals surface area contributed by atoms with Crippen molar-refractivity contribution in [3.8, 4) is 0 Å². The Labute approximate surface area is 94.6 Å². The Morgan fingerprint density at radius 1 is 1.69 bits per heavy atom. The Morgan fingerprint density at radius 3 is 3.06 bits per heavy atom. The van der Waals surface area contributed by atoms with Gasteiger partial charge in [-0.2, -0.15) is 0 Å². The fourth-order valence-corrected chi connectivity index (χ4v) is 1.53. The standard InChI is InChI=1S/C11H16N4O/c1-15(7-10(16)14-8-4-5-8)9-3-2-6-13-11(9)12/h2-3,6,8H,4-5,7H2,1H3,(H2,12,13)(H,14,16). The fraction of sp³-hybridized carbons (Fsp3) is 0.455. The zero-order chi connectivity index (χ0) is 11.5. The van der Waals surface area contributed by atoms with E-state index in [1.165, 1.54) is 0 Å². The van der Waals surface area contributed by atoms with Gasteiger partial charge in [0, 0.05) is 19.3 Å². The van der Waals surface area contributed by atoms with E-state index in [-0.39, 0.29) is 5.91 Å². The van der Waals surface area contributed by atoms with Crippen LogP contribution in [0.15, 0.2) is 18.3 Å². The van der Waals surface area contributed by atoms with Crippen LogP contribution >= 0.6 is 0 Å². The summed E-state index contributed by atoms with van der Waals surface area (Å²) in [5, 5.41) is 2.93. The number of anilines is 2. The topological polar surface area (TPSA) is 71.2 Å². The summed E-state index contributed by atoms with van der Waals surface area (Å²) in [4.78, 5) is 17.4. The molecule has 1 heterocycles. The third-order valence-corrected chi connectivity index (χ3v) is 2.55. The zero-order valence-corrected chi connectivity index (χ0v) is 9.31. The largest absolute Gasteiger partial charge is 0.382 e. The number of amides is 1. The van der Waals surface area contributed by atoms with Gasteiger partial charge in [0.1, 0.15) is 5.82 Å². The van der Waals surface area contributed by atoms with Crippen molar-refractivity contribution in [3.63, 3.8) is 0 Å². The van der Waals surface area contributed by atoms with Gasteiger partial charge in [0.15, 0.2) is 0 Å². The first-order chi connectivity index (χ1) is 7.66. The predicted octanol–water partition coefficient (Wildman–Crippen LogP) is 0.379. The van der Waals surface area contributed by atoms with Crippen molar-refractivity contribution >= 4 is 17.4 Å². The van der Waals surface area contributed by atoms with Crippen LogP contribution in [-0.2, 0) is 4.79 Å². The number of nitrogens with one attached hydrogen (secondary N) is 1. The van der Waals surface area contributed by atoms with Gasteiger partial charge >= 0.3 is 0 Å². The lowest BCUT2D eigenvalue weighted by Crippen LogP contribution is -2.36. The minimum atomic E-state index is 0.0354. The lowest BCUT2D eigenvalue weighted by Gasteiger charge is -2.19. The molecular formula is C11H16N4O. The molecule has 5 nitrogen and oxygen atoms in total. The quantitative estimate of drug-likeness (QED) is 0.769. The van der Waals surface area contributed by atoms with Gasteiger partial charge in [-0.3, -0.25) is 4.79 Å². The molecular weight excluding hydrogens is 204 g/mol. The molecule has 0 radical (unpaired) electrons. The van der Waals surface area contributed by atoms with E-state index >= 15 is 0 Å². The maximum absolute atomic E-state index is 11.6. The van der Waals surface area contributed by atoms with Crippen LogP contribution in [0, 0.1) is 0 Å². The molecule has 3 N–H and O–H groups in total. The van der Waals surface area contributed by atoms with E-state index in [1.54, 1.807) is 17.2 Å². The van der Waals surface area contributed by atoms with E-state index in [2.05, 4.69) is 10.3 Å². The highest BCUT2D eigenvalue weighted by Crippen LogP contribution is 2.20. The van der Waals surface area contributed by atoms with Crippen molar-refractivity contribution in [3.05, 3.63) is 18.3 Å². The summed E-state index contributed by atoms with van der Waals surface area (Å²) in [6.07, 6.45) is 3.84. The zero-order valence-electron chi connectivity index (χ0n) is 9.31. The van der Waals surface area contributed by atoms with E-state index in [4.69, 9.17) is 5.73 Å². The molecule has 1 aliphatic carbocycles. The third-order valence-electron chi connectivity index (χ3n) is 2.55. The van der Waals surface area contributed by atoms with Gasteiger partial charge in [-0.05, 0) is 25.0 Å². The molecule has 0 aromatic carbocycles. The average molecular weight is 220 g/mol. The van der Waals surface area contributed by atoms with Crippen molar-refractivity contribution in [2.45, 2.75) is 18.9 Å². The second kappa shape index (κ2) is 4.38. The Bertz CT molecular complexity index is 389. The van der Waals surface area contributed by atoms with Crippen LogP contribution in [-0.4, -0.2) is 30.5 Å². The Balaban J connectivity index is 1.93. The molecule has 1 amide bonds. The molecule has 0 unspecified atom stereocenters. The highest BCUT2D eigenvalue weighted by molar-refractivity contribution is 5.82. The highest BCUT2D eigenvalue weighted by atomic mass is 16.2. The van der Waals surface area contributed by atoms with Gasteiger partial charge in [0.25, 0.3) is 0 Å². The van der Waals surface area contributed by atoms with Gasteiger partial charge in [-0.1, -0.05) is 0 Å². The first-order valence-corrected chi connectivity index (χ1v) is 5.38. The van der Waals surface area contributed by atoms with Gasteiger partial charge in [0.05, 0.1) is 12.2 Å². The number of hydrogen-bond donors (Lipinski definition) is 2. The molecule has 0 saturated heterocycles. The Morgan fingerprint density at radius 2 is 2.44 bits per heavy atom. The number of aromatic nitrogens is 1. The molecule has 0 aliphatic heterocycles. The number of nitrogens with zero attached hydrogens (tertiary/aromatic N) is 2. The number of likely N-dealkylation sites (N-methyl/N-ethyl adjacent to an activating group) is 1. The minimum Gasteiger partial charge on any atom is -0.382 e. The lowest BCUT2D eigenvalue weighted by molar-refractivity contribution is -0.119. The van der Waals surface area contributed by atoms with Gasteiger partial charge < -0.3 is 16.0 Å². The molecule has 1 saturated carbocycles. The molecule has 1 aromatic rings. The van der Waals surface area contributed by atoms with E-state index in [9.17, 15) is 4.79 Å². The van der Waals surface area contributed by atoms with Crippen molar-refractivity contribution in [2.24, 2.45) is 0 Å². The molecule has 86 valence electrons. The summed E-state index contributed by atoms with van der Waals surface area (Å²) >= 11 is 0. The summed E-state index contributed by atoms with van der Waals surface area (Å²) in [6, 6.07) is 4.06. The van der Waals surface area contributed by atoms with Crippen LogP contribution in [0.5, 0.6) is 0 Å². The van der Waals surface area contributed by atoms with E-state index in [0.29, 0.717) is 18.4 Å². The lowest BCUT2D eigenvalue weighted by atomic mass is 10.3. The second-order valence-electron chi connectivity index (χ2n) is 4.11. The number of nitrogen functional groups attached to an aromatic ring is 1. The summed E-state index contributed by atoms with van der Waals surface area (Å²) in [7, 11) is 1.83. The summed E-state index contributed by atoms with van der Waals surface area (Å²) in [5.41, 5.74) is 6.51. The molecule has 1 aromatic heterocycles. The molecule has 0 atom stereocenters. The van der Waals surface area contributed by atoms with E-state index in [1.807, 2.05) is 13.1 Å². The van der Waals surface area contributed by atoms with Crippen molar-refractivity contribution in [1.82, 2.24) is 10.3 Å². The predicted molar refractivity (Wildman–Crippen MR) is 63.1 cm³/mol. The molecule has 16 heavy (non-hydrogen) atoms. The van der Waals surface area contributed by atoms with Crippen LogP contribution in [0.1, 0.15) is 12.8 Å². The third kappa shape index (κ3) is 2.62. The van der Waals surface area contributed by atoms with Crippen LogP contribution in [0.3, 0.4) is 0 Å². The molecule has 0 bridgehead atoms. The van der Waals surface area contributed by atoms with Crippen LogP contribution in [0.25, 0.3) is 0 Å². The number of hydrogen-bond acceptors (Lipinski definition) is 4. The number of pyridine rings is 1. The monoisotopic (exact) mass is 220 g/mol. The van der Waals surface area contributed by atoms with Gasteiger partial charge in [-0.25, -0.2) is 4.98 Å². The summed E-state index contributed by atoms with van der Waals surface area (Å²) in [5.74, 6) is 0.484. The maximum atomic E-state index is 11.6. The Hall–Kier alpha value is -1.78. The average Bonchev–Trinajstić information content (AvgIpc) is 3.01. The smallest absolute Gasteiger partial charge is 0.239 e. The molecule has 0 spiro atoms. The van der Waals surface area contributed by atoms with Crippen LogP contribution in [0.4, 0.5) is 11.5 Å². The summed E-state index contributed by atoms with van der Waals surface area (Å²) < 4.78 is 0. The van der Waals surface area contributed by atoms with E-state index in [0.717, 1.165) is 18.5 Å². The molecule has 2 rings (SSSR count). The molecule has 5 heteroatoms. The van der Waals surface area contributed by atoms with Crippen LogP contribution in [0.2, 0.25) is 0 Å². The first kappa shape index (κ1) is 10.7. The first-order valence-electron chi connectivity index (χ1n) is 5.38. The minimum absolute atomic E-state index is 0.0354. The van der Waals surface area contributed by atoms with Gasteiger partial charge in [-0.15, -0.1) is 0 Å². The highest BCUT2D eigenvalue weighted by Gasteiger charge is 2.23. The van der Waals surface area contributed by atoms with Crippen molar-refractivity contribution in [2.75, 3.05) is 24.2 Å². The van der Waals surface area contributed by atoms with Crippen molar-refractivity contribution < 1.29 is 4.79 Å². The number of carbonyl (C=O) groups is 1. The Kier molecular flexibility index (Phi) is 2.94.